The highest BCUT2D eigenvalue weighted by Crippen LogP contribution is 2.24. The van der Waals surface area contributed by atoms with E-state index in [1.54, 1.807) is 4.90 Å². The first-order valence-corrected chi connectivity index (χ1v) is 6.31. The third-order valence-electron chi connectivity index (χ3n) is 3.35. The average Bonchev–Trinajstić information content (AvgIpc) is 2.02. The normalized spacial score (nSPS) is 23.2. The summed E-state index contributed by atoms with van der Waals surface area (Å²) in [6.45, 7) is 10.2. The summed E-state index contributed by atoms with van der Waals surface area (Å²) in [6, 6.07) is 0.519. The van der Waals surface area contributed by atoms with Crippen LogP contribution in [0.2, 0.25) is 0 Å². The second kappa shape index (κ2) is 4.46. The van der Waals surface area contributed by atoms with Crippen LogP contribution in [0.5, 0.6) is 0 Å². The zero-order valence-electron chi connectivity index (χ0n) is 11.0. The number of hydrogen-bond donors (Lipinski definition) is 1. The molecule has 5 heteroatoms. The molecule has 2 fully saturated rings. The van der Waals surface area contributed by atoms with Crippen LogP contribution in [0.4, 0.5) is 4.79 Å². The molecule has 17 heavy (non-hydrogen) atoms. The number of nitrogens with zero attached hydrogens (tertiary/aromatic N) is 2. The fourth-order valence-corrected chi connectivity index (χ4v) is 2.22. The van der Waals surface area contributed by atoms with Gasteiger partial charge in [-0.2, -0.15) is 0 Å². The maximum atomic E-state index is 11.7. The maximum Gasteiger partial charge on any atom is 0.410 e. The Hall–Kier alpha value is -0.810. The summed E-state index contributed by atoms with van der Waals surface area (Å²) in [4.78, 5) is 15.9. The lowest BCUT2D eigenvalue weighted by atomic mass is 9.95. The van der Waals surface area contributed by atoms with Gasteiger partial charge in [-0.1, -0.05) is 0 Å². The number of carbonyl (C=O) groups excluding carboxylic acids is 1. The molecule has 2 N–H and O–H groups in total. The van der Waals surface area contributed by atoms with E-state index in [1.165, 1.54) is 0 Å². The number of rotatable bonds is 2. The summed E-state index contributed by atoms with van der Waals surface area (Å²) < 4.78 is 5.31. The summed E-state index contributed by atoms with van der Waals surface area (Å²) in [6.07, 6.45) is -0.190. The van der Waals surface area contributed by atoms with Crippen LogP contribution in [0.15, 0.2) is 0 Å². The minimum Gasteiger partial charge on any atom is -0.444 e. The van der Waals surface area contributed by atoms with Gasteiger partial charge in [0.25, 0.3) is 0 Å². The molecule has 2 heterocycles. The van der Waals surface area contributed by atoms with Gasteiger partial charge in [0, 0.05) is 32.2 Å². The van der Waals surface area contributed by atoms with Crippen LogP contribution in [-0.2, 0) is 4.74 Å². The molecular weight excluding hydrogens is 218 g/mol. The highest BCUT2D eigenvalue weighted by atomic mass is 16.6. The van der Waals surface area contributed by atoms with E-state index in [2.05, 4.69) is 4.90 Å². The second-order valence-corrected chi connectivity index (χ2v) is 6.09. The van der Waals surface area contributed by atoms with Crippen molar-refractivity contribution in [2.75, 3.05) is 32.7 Å². The third-order valence-corrected chi connectivity index (χ3v) is 3.35. The molecular formula is C12H23N3O2. The smallest absolute Gasteiger partial charge is 0.410 e. The molecule has 2 rings (SSSR count). The Morgan fingerprint density at radius 1 is 1.29 bits per heavy atom. The van der Waals surface area contributed by atoms with Crippen molar-refractivity contribution in [1.82, 2.24) is 9.80 Å². The van der Waals surface area contributed by atoms with E-state index in [1.807, 2.05) is 20.8 Å². The van der Waals surface area contributed by atoms with Crippen LogP contribution in [-0.4, -0.2) is 60.3 Å². The highest BCUT2D eigenvalue weighted by molar-refractivity contribution is 5.69. The lowest BCUT2D eigenvalue weighted by molar-refractivity contribution is -0.0431. The van der Waals surface area contributed by atoms with Crippen LogP contribution < -0.4 is 5.73 Å². The average molecular weight is 241 g/mol. The Balaban J connectivity index is 1.67. The van der Waals surface area contributed by atoms with E-state index in [0.29, 0.717) is 12.0 Å². The van der Waals surface area contributed by atoms with E-state index in [0.717, 1.165) is 32.7 Å². The molecule has 98 valence electrons. The van der Waals surface area contributed by atoms with Gasteiger partial charge in [-0.3, -0.25) is 4.90 Å². The van der Waals surface area contributed by atoms with Crippen molar-refractivity contribution in [2.24, 2.45) is 11.7 Å². The Morgan fingerprint density at radius 3 is 2.35 bits per heavy atom. The van der Waals surface area contributed by atoms with Gasteiger partial charge in [0.1, 0.15) is 5.60 Å². The van der Waals surface area contributed by atoms with Crippen molar-refractivity contribution in [2.45, 2.75) is 32.4 Å². The minimum absolute atomic E-state index is 0.190. The third kappa shape index (κ3) is 2.90. The van der Waals surface area contributed by atoms with Crippen molar-refractivity contribution in [3.05, 3.63) is 0 Å². The van der Waals surface area contributed by atoms with E-state index >= 15 is 0 Å². The molecule has 0 aromatic heterocycles. The number of hydrogen-bond acceptors (Lipinski definition) is 4. The van der Waals surface area contributed by atoms with Crippen LogP contribution in [0.1, 0.15) is 20.8 Å². The van der Waals surface area contributed by atoms with E-state index in [9.17, 15) is 4.79 Å². The largest absolute Gasteiger partial charge is 0.444 e. The molecule has 0 aromatic carbocycles. The van der Waals surface area contributed by atoms with Gasteiger partial charge in [-0.05, 0) is 33.2 Å². The molecule has 0 spiro atoms. The van der Waals surface area contributed by atoms with Gasteiger partial charge in [0.2, 0.25) is 0 Å². The fourth-order valence-electron chi connectivity index (χ4n) is 2.22. The first-order chi connectivity index (χ1) is 7.89. The summed E-state index contributed by atoms with van der Waals surface area (Å²) >= 11 is 0. The summed E-state index contributed by atoms with van der Waals surface area (Å²) in [5.41, 5.74) is 5.19. The first kappa shape index (κ1) is 12.6. The van der Waals surface area contributed by atoms with Crippen molar-refractivity contribution in [3.8, 4) is 0 Å². The molecule has 2 aliphatic heterocycles. The van der Waals surface area contributed by atoms with Crippen molar-refractivity contribution < 1.29 is 9.53 Å². The van der Waals surface area contributed by atoms with Crippen molar-refractivity contribution >= 4 is 6.09 Å². The molecule has 2 aliphatic rings. The maximum absolute atomic E-state index is 11.7. The Labute approximate surface area is 103 Å². The van der Waals surface area contributed by atoms with Gasteiger partial charge in [-0.15, -0.1) is 0 Å². The number of ether oxygens (including phenoxy) is 1. The predicted molar refractivity (Wildman–Crippen MR) is 65.7 cm³/mol. The Bertz CT molecular complexity index is 289. The monoisotopic (exact) mass is 241 g/mol. The molecule has 5 nitrogen and oxygen atoms in total. The van der Waals surface area contributed by atoms with Crippen molar-refractivity contribution in [1.29, 1.82) is 0 Å². The van der Waals surface area contributed by atoms with E-state index in [4.69, 9.17) is 10.5 Å². The molecule has 0 unspecified atom stereocenters. The standard InChI is InChI=1S/C12H23N3O2/c1-12(2,3)17-11(16)15-7-10(8-15)14-5-9(4-13)6-14/h9-10H,4-8,13H2,1-3H3. The van der Waals surface area contributed by atoms with Gasteiger partial charge < -0.3 is 15.4 Å². The Morgan fingerprint density at radius 2 is 1.88 bits per heavy atom. The zero-order chi connectivity index (χ0) is 12.6. The SMILES string of the molecule is CC(C)(C)OC(=O)N1CC(N2CC(CN)C2)C1. The van der Waals surface area contributed by atoms with Crippen LogP contribution in [0.3, 0.4) is 0 Å². The molecule has 0 aliphatic carbocycles. The molecule has 1 amide bonds. The lowest BCUT2D eigenvalue weighted by Gasteiger charge is -2.51. The summed E-state index contributed by atoms with van der Waals surface area (Å²) in [5.74, 6) is 0.658. The molecule has 0 radical (unpaired) electrons. The predicted octanol–water partition coefficient (Wildman–Crippen LogP) is 0.496. The summed E-state index contributed by atoms with van der Waals surface area (Å²) in [5, 5.41) is 0. The number of amides is 1. The Kier molecular flexibility index (Phi) is 3.32. The van der Waals surface area contributed by atoms with Gasteiger partial charge >= 0.3 is 6.09 Å². The first-order valence-electron chi connectivity index (χ1n) is 6.31. The topological polar surface area (TPSA) is 58.8 Å². The van der Waals surface area contributed by atoms with E-state index < -0.39 is 5.60 Å². The fraction of sp³-hybridized carbons (Fsp3) is 0.917. The molecule has 2 saturated heterocycles. The van der Waals surface area contributed by atoms with Crippen LogP contribution in [0.25, 0.3) is 0 Å². The second-order valence-electron chi connectivity index (χ2n) is 6.09. The summed E-state index contributed by atoms with van der Waals surface area (Å²) in [7, 11) is 0. The quantitative estimate of drug-likeness (QED) is 0.764. The van der Waals surface area contributed by atoms with Gasteiger partial charge in [-0.25, -0.2) is 4.79 Å². The zero-order valence-corrected chi connectivity index (χ0v) is 11.0. The number of nitrogens with two attached hydrogens (primary N) is 1. The van der Waals surface area contributed by atoms with E-state index in [-0.39, 0.29) is 6.09 Å². The molecule has 0 atom stereocenters. The number of likely N-dealkylation sites (tertiary alicyclic amines) is 2. The molecule has 0 saturated carbocycles. The number of carbonyl (C=O) groups is 1. The van der Waals surface area contributed by atoms with Crippen LogP contribution >= 0.6 is 0 Å². The van der Waals surface area contributed by atoms with Crippen molar-refractivity contribution in [3.63, 3.8) is 0 Å². The van der Waals surface area contributed by atoms with Gasteiger partial charge in [0.05, 0.1) is 0 Å². The molecule has 0 aromatic rings. The minimum atomic E-state index is -0.399. The van der Waals surface area contributed by atoms with Gasteiger partial charge in [0.15, 0.2) is 0 Å². The van der Waals surface area contributed by atoms with Crippen LogP contribution in [0, 0.1) is 5.92 Å². The molecule has 0 bridgehead atoms. The lowest BCUT2D eigenvalue weighted by Crippen LogP contribution is -2.67. The highest BCUT2D eigenvalue weighted by Gasteiger charge is 2.41.